The van der Waals surface area contributed by atoms with Gasteiger partial charge in [0, 0.05) is 17.2 Å². The third kappa shape index (κ3) is 2.34. The molecule has 0 N–H and O–H groups in total. The summed E-state index contributed by atoms with van der Waals surface area (Å²) >= 11 is 3.71. The molecule has 1 nitrogen and oxygen atoms in total. The molecule has 0 aliphatic heterocycles. The summed E-state index contributed by atoms with van der Waals surface area (Å²) in [4.78, 5) is 1.32. The number of nitrogens with zero attached hydrogens (tertiary/aromatic N) is 1. The van der Waals surface area contributed by atoms with Crippen molar-refractivity contribution >= 4 is 27.9 Å². The number of hydrogen-bond donors (Lipinski definition) is 0. The van der Waals surface area contributed by atoms with Crippen molar-refractivity contribution in [3.8, 4) is 22.4 Å². The van der Waals surface area contributed by atoms with Gasteiger partial charge in [0.25, 0.3) is 9.86 Å². The first kappa shape index (κ1) is 15.2. The number of rotatable bonds is 2. The van der Waals surface area contributed by atoms with Crippen LogP contribution in [-0.2, 0) is 12.8 Å². The fourth-order valence-electron chi connectivity index (χ4n) is 3.87. The molecular formula is C22H18NS2+. The van der Waals surface area contributed by atoms with Gasteiger partial charge in [0.2, 0.25) is 5.69 Å². The van der Waals surface area contributed by atoms with Gasteiger partial charge in [-0.3, -0.25) is 0 Å². The fraction of sp³-hybridized carbons (Fsp3) is 0.136. The number of benzene rings is 2. The molecule has 0 atom stereocenters. The lowest BCUT2D eigenvalue weighted by Crippen LogP contribution is -2.28. The van der Waals surface area contributed by atoms with E-state index >= 15 is 0 Å². The van der Waals surface area contributed by atoms with Crippen molar-refractivity contribution in [1.82, 2.24) is 0 Å². The Hall–Kier alpha value is -2.10. The molecule has 122 valence electrons. The summed E-state index contributed by atoms with van der Waals surface area (Å²) in [5.41, 5.74) is 8.39. The average Bonchev–Trinajstić information content (AvgIpc) is 3.10. The van der Waals surface area contributed by atoms with E-state index < -0.39 is 0 Å². The Balaban J connectivity index is 1.83. The number of pyridine rings is 1. The zero-order valence-electron chi connectivity index (χ0n) is 14.0. The first-order valence-electron chi connectivity index (χ1n) is 8.53. The van der Waals surface area contributed by atoms with Crippen LogP contribution in [0.25, 0.3) is 27.2 Å². The van der Waals surface area contributed by atoms with Gasteiger partial charge in [-0.25, -0.2) is 0 Å². The van der Waals surface area contributed by atoms with E-state index in [0.29, 0.717) is 0 Å². The molecule has 2 heterocycles. The summed E-state index contributed by atoms with van der Waals surface area (Å²) in [6.07, 6.45) is 4.46. The highest BCUT2D eigenvalue weighted by atomic mass is 32.2. The van der Waals surface area contributed by atoms with Crippen molar-refractivity contribution in [3.63, 3.8) is 0 Å². The van der Waals surface area contributed by atoms with Crippen LogP contribution in [0.4, 0.5) is 0 Å². The normalized spacial score (nSPS) is 12.8. The first-order chi connectivity index (χ1) is 12.4. The first-order valence-corrected chi connectivity index (χ1v) is 10.6. The Labute approximate surface area is 156 Å². The van der Waals surface area contributed by atoms with E-state index in [9.17, 15) is 0 Å². The molecule has 1 aliphatic carbocycles. The molecule has 0 bridgehead atoms. The van der Waals surface area contributed by atoms with Crippen molar-refractivity contribution in [3.05, 3.63) is 77.2 Å². The van der Waals surface area contributed by atoms with E-state index in [2.05, 4.69) is 76.7 Å². The molecule has 4 aromatic rings. The van der Waals surface area contributed by atoms with Crippen molar-refractivity contribution in [2.75, 3.05) is 6.26 Å². The molecule has 0 saturated heterocycles. The summed E-state index contributed by atoms with van der Waals surface area (Å²) in [6.45, 7) is 0. The molecule has 3 heteroatoms. The lowest BCUT2D eigenvalue weighted by molar-refractivity contribution is -0.539. The predicted octanol–water partition coefficient (Wildman–Crippen LogP) is 5.64. The van der Waals surface area contributed by atoms with Gasteiger partial charge in [-0.2, -0.15) is 0 Å². The standard InChI is InChI=1S/C22H18NS2/c1-24-22-18-12-11-15-7-5-6-10-17(15)19(18)13-21-23(22)20(14-25-21)16-8-3-2-4-9-16/h2-10,13-14H,11-12H2,1H3/q+1. The number of fused-ring (bicyclic) bond motifs is 4. The number of aryl methyl sites for hydroxylation is 1. The molecule has 0 unspecified atom stereocenters. The minimum Gasteiger partial charge on any atom is -0.137 e. The Kier molecular flexibility index (Phi) is 3.65. The molecule has 2 aromatic heterocycles. The van der Waals surface area contributed by atoms with E-state index in [1.807, 2.05) is 23.1 Å². The maximum absolute atomic E-state index is 2.46. The smallest absolute Gasteiger partial charge is 0.137 e. The van der Waals surface area contributed by atoms with Crippen molar-refractivity contribution in [2.45, 2.75) is 17.9 Å². The van der Waals surface area contributed by atoms with Crippen LogP contribution < -0.4 is 4.40 Å². The number of aromatic nitrogens is 1. The summed E-state index contributed by atoms with van der Waals surface area (Å²) in [5, 5.41) is 3.68. The molecule has 2 aromatic carbocycles. The molecule has 0 radical (unpaired) electrons. The third-order valence-corrected chi connectivity index (χ3v) is 6.72. The summed E-state index contributed by atoms with van der Waals surface area (Å²) < 4.78 is 2.46. The minimum absolute atomic E-state index is 1.12. The van der Waals surface area contributed by atoms with Gasteiger partial charge in [-0.15, -0.1) is 4.40 Å². The van der Waals surface area contributed by atoms with Gasteiger partial charge in [0.1, 0.15) is 0 Å². The van der Waals surface area contributed by atoms with Crippen LogP contribution in [0.15, 0.2) is 71.1 Å². The van der Waals surface area contributed by atoms with Crippen LogP contribution in [0.5, 0.6) is 0 Å². The second kappa shape index (κ2) is 6.01. The largest absolute Gasteiger partial charge is 0.269 e. The SMILES string of the molecule is CSc1c2c(cc3scc(-c4ccccc4)[n+]13)-c1ccccc1CC2. The molecule has 0 spiro atoms. The Bertz CT molecular complexity index is 1080. The predicted molar refractivity (Wildman–Crippen MR) is 108 cm³/mol. The lowest BCUT2D eigenvalue weighted by Gasteiger charge is -2.19. The summed E-state index contributed by atoms with van der Waals surface area (Å²) in [5.74, 6) is 0. The molecule has 5 rings (SSSR count). The molecular weight excluding hydrogens is 342 g/mol. The zero-order valence-corrected chi connectivity index (χ0v) is 15.7. The van der Waals surface area contributed by atoms with Crippen molar-refractivity contribution in [1.29, 1.82) is 0 Å². The van der Waals surface area contributed by atoms with Gasteiger partial charge in [-0.1, -0.05) is 65.6 Å². The number of hydrogen-bond acceptors (Lipinski definition) is 2. The topological polar surface area (TPSA) is 4.10 Å². The van der Waals surface area contributed by atoms with E-state index in [4.69, 9.17) is 0 Å². The quantitative estimate of drug-likeness (QED) is 0.330. The van der Waals surface area contributed by atoms with Gasteiger partial charge in [-0.05, 0) is 47.9 Å². The number of thioether (sulfide) groups is 1. The second-order valence-corrected chi connectivity index (χ2v) is 8.05. The molecule has 25 heavy (non-hydrogen) atoms. The molecule has 0 fully saturated rings. The van der Waals surface area contributed by atoms with Gasteiger partial charge in [0.15, 0.2) is 0 Å². The maximum Gasteiger partial charge on any atom is 0.269 e. The summed E-state index contributed by atoms with van der Waals surface area (Å²) in [6, 6.07) is 22.0. The van der Waals surface area contributed by atoms with E-state index in [1.165, 1.54) is 43.4 Å². The summed E-state index contributed by atoms with van der Waals surface area (Å²) in [7, 11) is 0. The highest BCUT2D eigenvalue weighted by Crippen LogP contribution is 2.39. The molecule has 0 amide bonds. The Morgan fingerprint density at radius 1 is 0.920 bits per heavy atom. The average molecular weight is 361 g/mol. The Morgan fingerprint density at radius 3 is 2.56 bits per heavy atom. The van der Waals surface area contributed by atoms with Gasteiger partial charge >= 0.3 is 0 Å². The van der Waals surface area contributed by atoms with Crippen LogP contribution in [0.2, 0.25) is 0 Å². The van der Waals surface area contributed by atoms with E-state index in [0.717, 1.165) is 12.8 Å². The van der Waals surface area contributed by atoms with Crippen LogP contribution in [0.1, 0.15) is 11.1 Å². The van der Waals surface area contributed by atoms with Crippen LogP contribution in [0, 0.1) is 0 Å². The third-order valence-electron chi connectivity index (χ3n) is 5.02. The van der Waals surface area contributed by atoms with Crippen LogP contribution in [-0.4, -0.2) is 6.26 Å². The van der Waals surface area contributed by atoms with E-state index in [1.54, 1.807) is 0 Å². The Morgan fingerprint density at radius 2 is 1.72 bits per heavy atom. The van der Waals surface area contributed by atoms with Crippen molar-refractivity contribution in [2.24, 2.45) is 0 Å². The maximum atomic E-state index is 2.46. The van der Waals surface area contributed by atoms with Gasteiger partial charge < -0.3 is 0 Å². The highest BCUT2D eigenvalue weighted by molar-refractivity contribution is 7.98. The fourth-order valence-corrected chi connectivity index (χ4v) is 5.72. The zero-order chi connectivity index (χ0) is 16.8. The van der Waals surface area contributed by atoms with Gasteiger partial charge in [0.05, 0.1) is 5.38 Å². The minimum atomic E-state index is 1.12. The van der Waals surface area contributed by atoms with Crippen LogP contribution in [0.3, 0.4) is 0 Å². The molecule has 1 aliphatic rings. The number of thiazole rings is 1. The van der Waals surface area contributed by atoms with Crippen LogP contribution >= 0.6 is 23.1 Å². The molecule has 0 saturated carbocycles. The van der Waals surface area contributed by atoms with E-state index in [-0.39, 0.29) is 0 Å². The monoisotopic (exact) mass is 360 g/mol. The second-order valence-electron chi connectivity index (χ2n) is 6.36. The lowest BCUT2D eigenvalue weighted by atomic mass is 9.87. The highest BCUT2D eigenvalue weighted by Gasteiger charge is 2.29. The van der Waals surface area contributed by atoms with Crippen molar-refractivity contribution < 1.29 is 4.40 Å².